The van der Waals surface area contributed by atoms with Crippen molar-refractivity contribution in [3.63, 3.8) is 0 Å². The first-order valence-corrected chi connectivity index (χ1v) is 5.32. The lowest BCUT2D eigenvalue weighted by Crippen LogP contribution is -2.26. The minimum Gasteiger partial charge on any atom is -0.392 e. The van der Waals surface area contributed by atoms with Crippen molar-refractivity contribution in [2.24, 2.45) is 0 Å². The Kier molecular flexibility index (Phi) is 4.54. The number of aliphatic hydroxyl groups excluding tert-OH is 1. The van der Waals surface area contributed by atoms with Crippen LogP contribution in [0.3, 0.4) is 0 Å². The third kappa shape index (κ3) is 4.75. The number of nitrogens with zero attached hydrogens (tertiary/aromatic N) is 1. The molecule has 1 aromatic carbocycles. The van der Waals surface area contributed by atoms with E-state index in [-0.39, 0.29) is 0 Å². The second-order valence-corrected chi connectivity index (χ2v) is 4.24. The third-order valence-corrected chi connectivity index (χ3v) is 2.31. The molecule has 0 aliphatic carbocycles. The van der Waals surface area contributed by atoms with E-state index in [4.69, 9.17) is 5.11 Å². The van der Waals surface area contributed by atoms with Gasteiger partial charge >= 0.3 is 6.18 Å². The second-order valence-electron chi connectivity index (χ2n) is 4.24. The van der Waals surface area contributed by atoms with Gasteiger partial charge in [-0.2, -0.15) is 13.2 Å². The molecule has 0 heterocycles. The fourth-order valence-corrected chi connectivity index (χ4v) is 1.63. The van der Waals surface area contributed by atoms with Crippen LogP contribution in [0.4, 0.5) is 13.2 Å². The molecule has 0 saturated heterocycles. The van der Waals surface area contributed by atoms with Gasteiger partial charge in [0.05, 0.1) is 11.7 Å². The van der Waals surface area contributed by atoms with Gasteiger partial charge in [0.1, 0.15) is 0 Å². The van der Waals surface area contributed by atoms with E-state index >= 15 is 0 Å². The minimum absolute atomic E-state index is 0.450. The van der Waals surface area contributed by atoms with E-state index in [1.807, 2.05) is 11.9 Å². The predicted octanol–water partition coefficient (Wildman–Crippen LogP) is 2.52. The lowest BCUT2D eigenvalue weighted by molar-refractivity contribution is -0.137. The normalized spacial score (nSPS) is 14.1. The Morgan fingerprint density at radius 3 is 2.18 bits per heavy atom. The average Bonchev–Trinajstić information content (AvgIpc) is 2.15. The molecule has 0 saturated carbocycles. The summed E-state index contributed by atoms with van der Waals surface area (Å²) in [5.74, 6) is 0. The van der Waals surface area contributed by atoms with E-state index in [9.17, 15) is 13.2 Å². The molecular formula is C12H16F3NO. The number of likely N-dealkylation sites (N-methyl/N-ethyl adjacent to an activating group) is 1. The fraction of sp³-hybridized carbons (Fsp3) is 0.500. The molecule has 1 N–H and O–H groups in total. The molecule has 5 heteroatoms. The number of aliphatic hydroxyl groups is 1. The van der Waals surface area contributed by atoms with Gasteiger partial charge in [0.2, 0.25) is 0 Å². The largest absolute Gasteiger partial charge is 0.416 e. The van der Waals surface area contributed by atoms with Crippen LogP contribution in [-0.4, -0.2) is 29.7 Å². The summed E-state index contributed by atoms with van der Waals surface area (Å²) in [6.07, 6.45) is -4.74. The first kappa shape index (κ1) is 14.0. The number of alkyl halides is 3. The Balaban J connectivity index is 2.63. The molecule has 1 rings (SSSR count). The fourth-order valence-electron chi connectivity index (χ4n) is 1.63. The van der Waals surface area contributed by atoms with Gasteiger partial charge in [-0.25, -0.2) is 0 Å². The summed E-state index contributed by atoms with van der Waals surface area (Å²) in [6.45, 7) is 2.67. The van der Waals surface area contributed by atoms with Crippen molar-refractivity contribution >= 4 is 0 Å². The van der Waals surface area contributed by atoms with Crippen molar-refractivity contribution < 1.29 is 18.3 Å². The lowest BCUT2D eigenvalue weighted by Gasteiger charge is -2.18. The predicted molar refractivity (Wildman–Crippen MR) is 59.5 cm³/mol. The molecule has 0 aliphatic rings. The second kappa shape index (κ2) is 5.51. The summed E-state index contributed by atoms with van der Waals surface area (Å²) >= 11 is 0. The van der Waals surface area contributed by atoms with Crippen LogP contribution in [0, 0.1) is 0 Å². The Hall–Kier alpha value is -1.07. The monoisotopic (exact) mass is 247 g/mol. The zero-order valence-electron chi connectivity index (χ0n) is 9.83. The molecule has 1 aromatic rings. The van der Waals surface area contributed by atoms with Crippen molar-refractivity contribution in [2.45, 2.75) is 25.7 Å². The number of hydrogen-bond donors (Lipinski definition) is 1. The van der Waals surface area contributed by atoms with Gasteiger partial charge in [-0.15, -0.1) is 0 Å². The number of benzene rings is 1. The summed E-state index contributed by atoms with van der Waals surface area (Å²) in [5, 5.41) is 9.16. The first-order valence-electron chi connectivity index (χ1n) is 5.32. The topological polar surface area (TPSA) is 23.5 Å². The Morgan fingerprint density at radius 1 is 1.24 bits per heavy atom. The molecule has 17 heavy (non-hydrogen) atoms. The molecule has 0 amide bonds. The van der Waals surface area contributed by atoms with Gasteiger partial charge in [-0.05, 0) is 31.7 Å². The highest BCUT2D eigenvalue weighted by atomic mass is 19.4. The Morgan fingerprint density at radius 2 is 1.76 bits per heavy atom. The zero-order chi connectivity index (χ0) is 13.1. The standard InChI is InChI=1S/C12H16F3NO/c1-9(17)7-16(2)8-10-3-5-11(6-4-10)12(13,14)15/h3-6,9,17H,7-8H2,1-2H3. The lowest BCUT2D eigenvalue weighted by atomic mass is 10.1. The van der Waals surface area contributed by atoms with Crippen LogP contribution in [0.5, 0.6) is 0 Å². The molecule has 2 nitrogen and oxygen atoms in total. The van der Waals surface area contributed by atoms with E-state index in [0.717, 1.165) is 17.7 Å². The molecule has 0 aliphatic heterocycles. The first-order chi connectivity index (χ1) is 7.79. The average molecular weight is 247 g/mol. The van der Waals surface area contributed by atoms with E-state index in [1.54, 1.807) is 6.92 Å². The van der Waals surface area contributed by atoms with Crippen LogP contribution >= 0.6 is 0 Å². The van der Waals surface area contributed by atoms with Crippen molar-refractivity contribution in [1.29, 1.82) is 0 Å². The van der Waals surface area contributed by atoms with Gasteiger partial charge in [-0.3, -0.25) is 4.90 Å². The van der Waals surface area contributed by atoms with Crippen LogP contribution in [0.2, 0.25) is 0 Å². The van der Waals surface area contributed by atoms with E-state index in [0.29, 0.717) is 13.1 Å². The Bertz CT molecular complexity index is 346. The van der Waals surface area contributed by atoms with Gasteiger partial charge in [0.25, 0.3) is 0 Å². The van der Waals surface area contributed by atoms with Gasteiger partial charge in [0, 0.05) is 13.1 Å². The van der Waals surface area contributed by atoms with Gasteiger partial charge in [-0.1, -0.05) is 12.1 Å². The molecule has 0 spiro atoms. The van der Waals surface area contributed by atoms with Gasteiger partial charge < -0.3 is 5.11 Å². The summed E-state index contributed by atoms with van der Waals surface area (Å²) in [4.78, 5) is 1.85. The van der Waals surface area contributed by atoms with Gasteiger partial charge in [0.15, 0.2) is 0 Å². The van der Waals surface area contributed by atoms with Crippen molar-refractivity contribution in [2.75, 3.05) is 13.6 Å². The maximum absolute atomic E-state index is 12.3. The molecule has 0 radical (unpaired) electrons. The SMILES string of the molecule is CC(O)CN(C)Cc1ccc(C(F)(F)F)cc1. The summed E-state index contributed by atoms with van der Waals surface area (Å²) < 4.78 is 36.9. The number of rotatable bonds is 4. The zero-order valence-corrected chi connectivity index (χ0v) is 9.83. The van der Waals surface area contributed by atoms with Crippen molar-refractivity contribution in [1.82, 2.24) is 4.90 Å². The highest BCUT2D eigenvalue weighted by Gasteiger charge is 2.29. The number of hydrogen-bond acceptors (Lipinski definition) is 2. The third-order valence-electron chi connectivity index (χ3n) is 2.31. The highest BCUT2D eigenvalue weighted by molar-refractivity contribution is 5.24. The summed E-state index contributed by atoms with van der Waals surface area (Å²) in [6, 6.07) is 5.07. The molecule has 1 unspecified atom stereocenters. The number of halogens is 3. The van der Waals surface area contributed by atoms with Crippen molar-refractivity contribution in [3.05, 3.63) is 35.4 Å². The molecule has 1 atom stereocenters. The summed E-state index contributed by atoms with van der Waals surface area (Å²) in [7, 11) is 1.81. The minimum atomic E-state index is -4.29. The van der Waals surface area contributed by atoms with Crippen LogP contribution in [-0.2, 0) is 12.7 Å². The molecule has 0 bridgehead atoms. The molecule has 96 valence electrons. The van der Waals surface area contributed by atoms with Crippen LogP contribution in [0.1, 0.15) is 18.1 Å². The van der Waals surface area contributed by atoms with E-state index in [1.165, 1.54) is 12.1 Å². The molecule has 0 fully saturated rings. The highest BCUT2D eigenvalue weighted by Crippen LogP contribution is 2.29. The Labute approximate surface area is 98.7 Å². The maximum atomic E-state index is 12.3. The van der Waals surface area contributed by atoms with E-state index in [2.05, 4.69) is 0 Å². The quantitative estimate of drug-likeness (QED) is 0.883. The van der Waals surface area contributed by atoms with Crippen LogP contribution in [0.15, 0.2) is 24.3 Å². The van der Waals surface area contributed by atoms with E-state index < -0.39 is 17.8 Å². The smallest absolute Gasteiger partial charge is 0.392 e. The maximum Gasteiger partial charge on any atom is 0.416 e. The van der Waals surface area contributed by atoms with Crippen LogP contribution < -0.4 is 0 Å². The van der Waals surface area contributed by atoms with Crippen molar-refractivity contribution in [3.8, 4) is 0 Å². The molecular weight excluding hydrogens is 231 g/mol. The van der Waals surface area contributed by atoms with Crippen LogP contribution in [0.25, 0.3) is 0 Å². The molecule has 0 aromatic heterocycles. The summed E-state index contributed by atoms with van der Waals surface area (Å²) in [5.41, 5.74) is 0.153.